The molecular weight excluding hydrogens is 364 g/mol. The Morgan fingerprint density at radius 3 is 2.37 bits per heavy atom. The van der Waals surface area contributed by atoms with Gasteiger partial charge >= 0.3 is 0 Å². The maximum absolute atomic E-state index is 12.7. The van der Waals surface area contributed by atoms with Crippen LogP contribution in [0.4, 0.5) is 0 Å². The molecule has 2 N–H and O–H groups in total. The number of benzene rings is 2. The minimum Gasteiger partial charge on any atom is -0.496 e. The average Bonchev–Trinajstić information content (AvgIpc) is 2.65. The summed E-state index contributed by atoms with van der Waals surface area (Å²) in [6, 6.07) is 13.4. The summed E-state index contributed by atoms with van der Waals surface area (Å²) in [5.41, 5.74) is 1.34. The van der Waals surface area contributed by atoms with Gasteiger partial charge in [0, 0.05) is 22.7 Å². The molecule has 2 amide bonds. The summed E-state index contributed by atoms with van der Waals surface area (Å²) in [5.74, 6) is 0.433. The summed E-state index contributed by atoms with van der Waals surface area (Å²) < 4.78 is 5.30. The van der Waals surface area contributed by atoms with Crippen LogP contribution in [0.15, 0.2) is 48.5 Å². The van der Waals surface area contributed by atoms with Crippen LogP contribution in [0.25, 0.3) is 0 Å². The number of carbonyl (C=O) groups excluding carboxylic acids is 2. The first-order valence-electron chi connectivity index (χ1n) is 8.86. The highest BCUT2D eigenvalue weighted by molar-refractivity contribution is 6.30. The average molecular weight is 389 g/mol. The lowest BCUT2D eigenvalue weighted by Gasteiger charge is -2.20. The van der Waals surface area contributed by atoms with Crippen molar-refractivity contribution in [1.82, 2.24) is 10.6 Å². The predicted molar refractivity (Wildman–Crippen MR) is 107 cm³/mol. The van der Waals surface area contributed by atoms with Gasteiger partial charge in [0.15, 0.2) is 0 Å². The maximum atomic E-state index is 12.7. The fraction of sp³-hybridized carbons (Fsp3) is 0.333. The van der Waals surface area contributed by atoms with E-state index in [0.717, 1.165) is 5.56 Å². The highest BCUT2D eigenvalue weighted by atomic mass is 35.5. The van der Waals surface area contributed by atoms with E-state index in [0.29, 0.717) is 29.3 Å². The number of hydrogen-bond donors (Lipinski definition) is 2. The van der Waals surface area contributed by atoms with Gasteiger partial charge in [-0.3, -0.25) is 9.59 Å². The number of nitrogens with one attached hydrogen (secondary N) is 2. The maximum Gasteiger partial charge on any atom is 0.251 e. The molecule has 0 saturated carbocycles. The van der Waals surface area contributed by atoms with E-state index in [1.165, 1.54) is 0 Å². The van der Waals surface area contributed by atoms with E-state index >= 15 is 0 Å². The van der Waals surface area contributed by atoms with Gasteiger partial charge in [-0.25, -0.2) is 0 Å². The van der Waals surface area contributed by atoms with E-state index in [4.69, 9.17) is 16.3 Å². The number of carbonyl (C=O) groups is 2. The van der Waals surface area contributed by atoms with Crippen molar-refractivity contribution in [2.24, 2.45) is 5.92 Å². The number of methoxy groups -OCH3 is 1. The molecule has 0 bridgehead atoms. The Labute approximate surface area is 165 Å². The summed E-state index contributed by atoms with van der Waals surface area (Å²) in [6.07, 6.45) is 0.539. The molecule has 2 rings (SSSR count). The molecule has 0 saturated heterocycles. The fourth-order valence-corrected chi connectivity index (χ4v) is 2.83. The van der Waals surface area contributed by atoms with E-state index in [1.54, 1.807) is 31.4 Å². The highest BCUT2D eigenvalue weighted by Gasteiger charge is 2.22. The molecule has 2 aromatic carbocycles. The van der Waals surface area contributed by atoms with Crippen LogP contribution in [0.3, 0.4) is 0 Å². The molecule has 0 fully saturated rings. The summed E-state index contributed by atoms with van der Waals surface area (Å²) in [4.78, 5) is 25.2. The van der Waals surface area contributed by atoms with Crippen LogP contribution in [0.2, 0.25) is 5.02 Å². The van der Waals surface area contributed by atoms with E-state index in [1.807, 2.05) is 38.1 Å². The predicted octanol–water partition coefficient (Wildman–Crippen LogP) is 3.81. The van der Waals surface area contributed by atoms with Crippen molar-refractivity contribution < 1.29 is 14.3 Å². The van der Waals surface area contributed by atoms with Gasteiger partial charge in [0.05, 0.1) is 7.11 Å². The molecule has 6 heteroatoms. The van der Waals surface area contributed by atoms with Gasteiger partial charge in [0.2, 0.25) is 5.91 Å². The van der Waals surface area contributed by atoms with Crippen LogP contribution in [0.5, 0.6) is 5.75 Å². The Hall–Kier alpha value is -2.53. The van der Waals surface area contributed by atoms with Crippen molar-refractivity contribution in [2.75, 3.05) is 7.11 Å². The molecule has 0 spiro atoms. The number of rotatable bonds is 8. The number of amides is 2. The molecule has 144 valence electrons. The Kier molecular flexibility index (Phi) is 7.67. The van der Waals surface area contributed by atoms with Gasteiger partial charge in [0.1, 0.15) is 11.8 Å². The number of ether oxygens (including phenoxy) is 1. The van der Waals surface area contributed by atoms with Crippen LogP contribution in [0.1, 0.15) is 36.2 Å². The lowest BCUT2D eigenvalue weighted by Crippen LogP contribution is -2.47. The monoisotopic (exact) mass is 388 g/mol. The first-order valence-corrected chi connectivity index (χ1v) is 9.24. The second kappa shape index (κ2) is 9.97. The van der Waals surface area contributed by atoms with Gasteiger partial charge in [-0.1, -0.05) is 43.6 Å². The topological polar surface area (TPSA) is 67.4 Å². The molecular formula is C21H25ClN2O3. The van der Waals surface area contributed by atoms with Crippen molar-refractivity contribution in [3.8, 4) is 5.75 Å². The Balaban J connectivity index is 2.04. The largest absolute Gasteiger partial charge is 0.496 e. The van der Waals surface area contributed by atoms with Gasteiger partial charge in [-0.2, -0.15) is 0 Å². The first kappa shape index (κ1) is 20.8. The smallest absolute Gasteiger partial charge is 0.251 e. The van der Waals surface area contributed by atoms with Gasteiger partial charge in [-0.15, -0.1) is 0 Å². The van der Waals surface area contributed by atoms with Gasteiger partial charge in [-0.05, 0) is 42.7 Å². The summed E-state index contributed by atoms with van der Waals surface area (Å²) in [6.45, 7) is 4.35. The molecule has 0 unspecified atom stereocenters. The van der Waals surface area contributed by atoms with Crippen LogP contribution in [0, 0.1) is 5.92 Å². The normalized spacial score (nSPS) is 11.7. The quantitative estimate of drug-likeness (QED) is 0.722. The zero-order chi connectivity index (χ0) is 19.8. The van der Waals surface area contributed by atoms with E-state index in [-0.39, 0.29) is 17.7 Å². The van der Waals surface area contributed by atoms with Crippen molar-refractivity contribution >= 4 is 23.4 Å². The molecule has 0 aliphatic rings. The van der Waals surface area contributed by atoms with E-state index < -0.39 is 6.04 Å². The molecule has 0 aromatic heterocycles. The summed E-state index contributed by atoms with van der Waals surface area (Å²) in [5, 5.41) is 6.27. The number of hydrogen-bond acceptors (Lipinski definition) is 3. The van der Waals surface area contributed by atoms with Crippen LogP contribution >= 0.6 is 11.6 Å². The molecule has 0 aliphatic carbocycles. The molecule has 27 heavy (non-hydrogen) atoms. The lowest BCUT2D eigenvalue weighted by atomic mass is 10.0. The Morgan fingerprint density at radius 2 is 1.74 bits per heavy atom. The second-order valence-electron chi connectivity index (χ2n) is 6.69. The standard InChI is InChI=1S/C21H25ClN2O3/c1-14(2)12-18(24-20(25)15-8-10-17(22)11-9-15)21(26)23-13-16-6-4-5-7-19(16)27-3/h4-11,14,18H,12-13H2,1-3H3,(H,23,26)(H,24,25)/t18-/m1/s1. The first-order chi connectivity index (χ1) is 12.9. The van der Waals surface area contributed by atoms with Gasteiger partial charge < -0.3 is 15.4 Å². The fourth-order valence-electron chi connectivity index (χ4n) is 2.70. The molecule has 1 atom stereocenters. The Bertz CT molecular complexity index is 775. The van der Waals surface area contributed by atoms with Crippen LogP contribution in [-0.4, -0.2) is 25.0 Å². The van der Waals surface area contributed by atoms with Crippen molar-refractivity contribution in [2.45, 2.75) is 32.9 Å². The number of halogens is 1. The SMILES string of the molecule is COc1ccccc1CNC(=O)[C@@H](CC(C)C)NC(=O)c1ccc(Cl)cc1. The van der Waals surface area contributed by atoms with E-state index in [9.17, 15) is 9.59 Å². The van der Waals surface area contributed by atoms with E-state index in [2.05, 4.69) is 10.6 Å². The van der Waals surface area contributed by atoms with Crippen molar-refractivity contribution in [3.05, 3.63) is 64.7 Å². The van der Waals surface area contributed by atoms with Crippen LogP contribution in [-0.2, 0) is 11.3 Å². The third kappa shape index (κ3) is 6.29. The third-order valence-corrected chi connectivity index (χ3v) is 4.33. The van der Waals surface area contributed by atoms with Crippen molar-refractivity contribution in [1.29, 1.82) is 0 Å². The highest BCUT2D eigenvalue weighted by Crippen LogP contribution is 2.17. The summed E-state index contributed by atoms with van der Waals surface area (Å²) in [7, 11) is 1.59. The Morgan fingerprint density at radius 1 is 1.07 bits per heavy atom. The zero-order valence-electron chi connectivity index (χ0n) is 15.8. The molecule has 0 aliphatic heterocycles. The minimum atomic E-state index is -0.622. The zero-order valence-corrected chi connectivity index (χ0v) is 16.5. The minimum absolute atomic E-state index is 0.225. The lowest BCUT2D eigenvalue weighted by molar-refractivity contribution is -0.123. The third-order valence-electron chi connectivity index (χ3n) is 4.08. The van der Waals surface area contributed by atoms with Gasteiger partial charge in [0.25, 0.3) is 5.91 Å². The summed E-state index contributed by atoms with van der Waals surface area (Å²) >= 11 is 5.86. The number of para-hydroxylation sites is 1. The molecule has 0 heterocycles. The molecule has 2 aromatic rings. The molecule has 0 radical (unpaired) electrons. The van der Waals surface area contributed by atoms with Crippen LogP contribution < -0.4 is 15.4 Å². The molecule has 5 nitrogen and oxygen atoms in total. The second-order valence-corrected chi connectivity index (χ2v) is 7.13. The van der Waals surface area contributed by atoms with Crippen molar-refractivity contribution in [3.63, 3.8) is 0 Å².